The SMILES string of the molecule is O=C(N/N=C/c1ccc(-c2cc([N+](=O)[O-])ccc2Cl)o1)C(c1ccccc1)c1ccccc1. The zero-order chi connectivity index (χ0) is 23.2. The lowest BCUT2D eigenvalue weighted by atomic mass is 9.91. The Morgan fingerprint density at radius 3 is 2.21 bits per heavy atom. The first-order valence-corrected chi connectivity index (χ1v) is 10.4. The van der Waals surface area contributed by atoms with Gasteiger partial charge >= 0.3 is 0 Å². The molecule has 8 heteroatoms. The van der Waals surface area contributed by atoms with Gasteiger partial charge in [0.25, 0.3) is 11.6 Å². The van der Waals surface area contributed by atoms with Gasteiger partial charge in [0.1, 0.15) is 11.5 Å². The Labute approximate surface area is 194 Å². The number of hydrogen-bond donors (Lipinski definition) is 1. The van der Waals surface area contributed by atoms with E-state index in [0.29, 0.717) is 22.1 Å². The summed E-state index contributed by atoms with van der Waals surface area (Å²) in [6, 6.07) is 26.2. The maximum Gasteiger partial charge on any atom is 0.270 e. The van der Waals surface area contributed by atoms with Crippen LogP contribution < -0.4 is 5.43 Å². The fourth-order valence-electron chi connectivity index (χ4n) is 3.39. The smallest absolute Gasteiger partial charge is 0.270 e. The third-order valence-electron chi connectivity index (χ3n) is 4.95. The summed E-state index contributed by atoms with van der Waals surface area (Å²) in [5.41, 5.74) is 4.55. The molecule has 0 fully saturated rings. The molecule has 0 unspecified atom stereocenters. The van der Waals surface area contributed by atoms with Crippen molar-refractivity contribution in [3.05, 3.63) is 123 Å². The Kier molecular flexibility index (Phi) is 6.61. The van der Waals surface area contributed by atoms with E-state index in [1.54, 1.807) is 12.1 Å². The van der Waals surface area contributed by atoms with Crippen molar-refractivity contribution < 1.29 is 14.1 Å². The van der Waals surface area contributed by atoms with Crippen LogP contribution in [0.4, 0.5) is 5.69 Å². The molecule has 0 aliphatic heterocycles. The summed E-state index contributed by atoms with van der Waals surface area (Å²) in [6.45, 7) is 0. The van der Waals surface area contributed by atoms with E-state index >= 15 is 0 Å². The van der Waals surface area contributed by atoms with Gasteiger partial charge < -0.3 is 4.42 Å². The molecule has 0 spiro atoms. The summed E-state index contributed by atoms with van der Waals surface area (Å²) >= 11 is 6.17. The molecular weight excluding hydrogens is 442 g/mol. The molecule has 0 radical (unpaired) electrons. The van der Waals surface area contributed by atoms with Crippen LogP contribution in [0.25, 0.3) is 11.3 Å². The van der Waals surface area contributed by atoms with E-state index in [1.165, 1.54) is 24.4 Å². The summed E-state index contributed by atoms with van der Waals surface area (Å²) in [5, 5.41) is 15.4. The Balaban J connectivity index is 1.51. The molecule has 1 aromatic heterocycles. The lowest BCUT2D eigenvalue weighted by Crippen LogP contribution is -2.26. The topological polar surface area (TPSA) is 97.7 Å². The first-order valence-electron chi connectivity index (χ1n) is 10.00. The molecule has 1 amide bonds. The van der Waals surface area contributed by atoms with Gasteiger partial charge in [-0.05, 0) is 29.3 Å². The Hall–Kier alpha value is -4.23. The summed E-state index contributed by atoms with van der Waals surface area (Å²) in [5.74, 6) is -0.121. The molecule has 4 rings (SSSR count). The van der Waals surface area contributed by atoms with Crippen LogP contribution in [0.15, 0.2) is 101 Å². The Morgan fingerprint density at radius 1 is 0.970 bits per heavy atom. The third-order valence-corrected chi connectivity index (χ3v) is 5.28. The second kappa shape index (κ2) is 9.93. The molecule has 0 bridgehead atoms. The van der Waals surface area contributed by atoms with Crippen LogP contribution >= 0.6 is 11.6 Å². The van der Waals surface area contributed by atoms with Crippen molar-refractivity contribution in [2.75, 3.05) is 0 Å². The first-order chi connectivity index (χ1) is 16.0. The fourth-order valence-corrected chi connectivity index (χ4v) is 3.60. The Bertz CT molecular complexity index is 1260. The monoisotopic (exact) mass is 459 g/mol. The second-order valence-electron chi connectivity index (χ2n) is 7.11. The van der Waals surface area contributed by atoms with E-state index in [2.05, 4.69) is 10.5 Å². The van der Waals surface area contributed by atoms with Gasteiger partial charge in [-0.3, -0.25) is 14.9 Å². The minimum atomic E-state index is -0.527. The van der Waals surface area contributed by atoms with Crippen LogP contribution in [-0.2, 0) is 4.79 Å². The zero-order valence-corrected chi connectivity index (χ0v) is 18.0. The highest BCUT2D eigenvalue weighted by atomic mass is 35.5. The molecule has 0 saturated heterocycles. The van der Waals surface area contributed by atoms with E-state index in [0.717, 1.165) is 11.1 Å². The van der Waals surface area contributed by atoms with Crippen molar-refractivity contribution in [1.29, 1.82) is 0 Å². The number of furan rings is 1. The minimum Gasteiger partial charge on any atom is -0.455 e. The lowest BCUT2D eigenvalue weighted by molar-refractivity contribution is -0.384. The molecule has 0 aliphatic carbocycles. The van der Waals surface area contributed by atoms with Crippen LogP contribution in [0.5, 0.6) is 0 Å². The van der Waals surface area contributed by atoms with Crippen molar-refractivity contribution in [3.63, 3.8) is 0 Å². The number of nitro groups is 1. The number of non-ortho nitro benzene ring substituents is 1. The van der Waals surface area contributed by atoms with Crippen LogP contribution in [0.1, 0.15) is 22.8 Å². The van der Waals surface area contributed by atoms with Crippen LogP contribution in [0.3, 0.4) is 0 Å². The molecule has 1 heterocycles. The maximum absolute atomic E-state index is 13.0. The van der Waals surface area contributed by atoms with Crippen LogP contribution in [0, 0.1) is 10.1 Å². The number of hydrazone groups is 1. The quantitative estimate of drug-likeness (QED) is 0.215. The van der Waals surface area contributed by atoms with Crippen molar-refractivity contribution in [2.24, 2.45) is 5.10 Å². The van der Waals surface area contributed by atoms with Crippen molar-refractivity contribution in [3.8, 4) is 11.3 Å². The van der Waals surface area contributed by atoms with E-state index in [9.17, 15) is 14.9 Å². The largest absolute Gasteiger partial charge is 0.455 e. The molecule has 4 aromatic rings. The highest BCUT2D eigenvalue weighted by molar-refractivity contribution is 6.33. The van der Waals surface area contributed by atoms with Gasteiger partial charge in [0.15, 0.2) is 0 Å². The standard InChI is InChI=1S/C25H18ClN3O4/c26-22-13-11-19(29(31)32)15-21(22)23-14-12-20(33-23)16-27-28-25(30)24(17-7-3-1-4-8-17)18-9-5-2-6-10-18/h1-16,24H,(H,28,30)/b27-16+. The lowest BCUT2D eigenvalue weighted by Gasteiger charge is -2.16. The van der Waals surface area contributed by atoms with E-state index in [1.807, 2.05) is 60.7 Å². The number of rotatable bonds is 7. The number of amides is 1. The van der Waals surface area contributed by atoms with Crippen molar-refractivity contribution in [1.82, 2.24) is 5.43 Å². The molecule has 7 nitrogen and oxygen atoms in total. The normalized spacial score (nSPS) is 11.1. The zero-order valence-electron chi connectivity index (χ0n) is 17.2. The highest BCUT2D eigenvalue weighted by Gasteiger charge is 2.22. The van der Waals surface area contributed by atoms with E-state index in [-0.39, 0.29) is 11.6 Å². The van der Waals surface area contributed by atoms with Gasteiger partial charge in [0.05, 0.1) is 22.1 Å². The summed E-state index contributed by atoms with van der Waals surface area (Å²) in [4.78, 5) is 23.5. The number of carbonyl (C=O) groups is 1. The number of benzene rings is 3. The second-order valence-corrected chi connectivity index (χ2v) is 7.52. The minimum absolute atomic E-state index is 0.0962. The fraction of sp³-hybridized carbons (Fsp3) is 0.0400. The molecule has 3 aromatic carbocycles. The number of halogens is 1. The van der Waals surface area contributed by atoms with Gasteiger partial charge in [0.2, 0.25) is 0 Å². The number of nitrogens with zero attached hydrogens (tertiary/aromatic N) is 2. The molecule has 33 heavy (non-hydrogen) atoms. The number of hydrogen-bond acceptors (Lipinski definition) is 5. The molecule has 1 N–H and O–H groups in total. The molecule has 0 atom stereocenters. The number of nitro benzene ring substituents is 1. The average Bonchev–Trinajstić information content (AvgIpc) is 3.29. The van der Waals surface area contributed by atoms with Gasteiger partial charge in [-0.25, -0.2) is 5.43 Å². The number of carbonyl (C=O) groups excluding carboxylic acids is 1. The predicted molar refractivity (Wildman–Crippen MR) is 126 cm³/mol. The number of nitrogens with one attached hydrogen (secondary N) is 1. The van der Waals surface area contributed by atoms with Crippen molar-refractivity contribution >= 4 is 29.4 Å². The van der Waals surface area contributed by atoms with Gasteiger partial charge in [-0.1, -0.05) is 72.3 Å². The van der Waals surface area contributed by atoms with Gasteiger partial charge in [-0.15, -0.1) is 0 Å². The third kappa shape index (κ3) is 5.16. The maximum atomic E-state index is 13.0. The molecule has 164 valence electrons. The summed E-state index contributed by atoms with van der Waals surface area (Å²) < 4.78 is 5.69. The average molecular weight is 460 g/mol. The summed E-state index contributed by atoms with van der Waals surface area (Å²) in [6.07, 6.45) is 1.36. The summed E-state index contributed by atoms with van der Waals surface area (Å²) in [7, 11) is 0. The van der Waals surface area contributed by atoms with E-state index < -0.39 is 10.8 Å². The van der Waals surface area contributed by atoms with Crippen LogP contribution in [0.2, 0.25) is 5.02 Å². The molecule has 0 aliphatic rings. The first kappa shape index (κ1) is 22.0. The molecular formula is C25H18ClN3O4. The highest BCUT2D eigenvalue weighted by Crippen LogP contribution is 2.32. The Morgan fingerprint density at radius 2 is 1.61 bits per heavy atom. The van der Waals surface area contributed by atoms with Crippen LogP contribution in [-0.4, -0.2) is 17.0 Å². The van der Waals surface area contributed by atoms with Gasteiger partial charge in [0, 0.05) is 17.7 Å². The van der Waals surface area contributed by atoms with Crippen molar-refractivity contribution in [2.45, 2.75) is 5.92 Å². The van der Waals surface area contributed by atoms with Gasteiger partial charge in [-0.2, -0.15) is 5.10 Å². The molecule has 0 saturated carbocycles. The predicted octanol–water partition coefficient (Wildman–Crippen LogP) is 5.79. The van der Waals surface area contributed by atoms with E-state index in [4.69, 9.17) is 16.0 Å².